The van der Waals surface area contributed by atoms with Crippen LogP contribution in [-0.4, -0.2) is 77.4 Å². The Bertz CT molecular complexity index is 836. The summed E-state index contributed by atoms with van der Waals surface area (Å²) in [5.74, 6) is -2.10. The average Bonchev–Trinajstić information content (AvgIpc) is 2.77. The van der Waals surface area contributed by atoms with E-state index in [0.717, 1.165) is 0 Å². The number of benzene rings is 1. The van der Waals surface area contributed by atoms with E-state index in [1.165, 1.54) is 36.3 Å². The standard InChI is InChI=1S/C23H35N3O8/c1-6-7-12-26(21(31)17(14-27)25-22(32)34-23(2,3)4)19(15-8-10-16(28)11-9-15)20(30)24-13-18(29)33-5/h8-11,17,19,27-28H,6-7,12-14H2,1-5H3,(H,24,30)(H,25,32). The lowest BCUT2D eigenvalue weighted by molar-refractivity contribution is -0.145. The summed E-state index contributed by atoms with van der Waals surface area (Å²) in [6, 6.07) is 3.08. The maximum atomic E-state index is 13.4. The van der Waals surface area contributed by atoms with E-state index in [4.69, 9.17) is 4.74 Å². The van der Waals surface area contributed by atoms with Crippen LogP contribution in [0.15, 0.2) is 24.3 Å². The van der Waals surface area contributed by atoms with Gasteiger partial charge in [0.2, 0.25) is 11.8 Å². The molecule has 1 aromatic rings. The van der Waals surface area contributed by atoms with E-state index in [0.29, 0.717) is 18.4 Å². The molecule has 2 atom stereocenters. The van der Waals surface area contributed by atoms with Gasteiger partial charge in [0.05, 0.1) is 13.7 Å². The molecule has 0 fully saturated rings. The highest BCUT2D eigenvalue weighted by molar-refractivity contribution is 5.93. The molecule has 11 heteroatoms. The number of aliphatic hydroxyl groups is 1. The number of hydrogen-bond acceptors (Lipinski definition) is 8. The van der Waals surface area contributed by atoms with E-state index < -0.39 is 54.7 Å². The number of aromatic hydroxyl groups is 1. The van der Waals surface area contributed by atoms with Gasteiger partial charge in [-0.15, -0.1) is 0 Å². The topological polar surface area (TPSA) is 154 Å². The van der Waals surface area contributed by atoms with Crippen LogP contribution in [0.2, 0.25) is 0 Å². The van der Waals surface area contributed by atoms with Crippen molar-refractivity contribution in [3.63, 3.8) is 0 Å². The monoisotopic (exact) mass is 481 g/mol. The van der Waals surface area contributed by atoms with Crippen molar-refractivity contribution in [2.24, 2.45) is 0 Å². The van der Waals surface area contributed by atoms with Crippen LogP contribution in [-0.2, 0) is 23.9 Å². The first-order valence-corrected chi connectivity index (χ1v) is 11.0. The summed E-state index contributed by atoms with van der Waals surface area (Å²) in [7, 11) is 1.18. The van der Waals surface area contributed by atoms with E-state index in [2.05, 4.69) is 15.4 Å². The van der Waals surface area contributed by atoms with E-state index >= 15 is 0 Å². The number of amides is 3. The van der Waals surface area contributed by atoms with Crippen LogP contribution in [0.1, 0.15) is 52.1 Å². The van der Waals surface area contributed by atoms with E-state index in [1.54, 1.807) is 20.8 Å². The van der Waals surface area contributed by atoms with Gasteiger partial charge in [0.15, 0.2) is 0 Å². The first-order valence-electron chi connectivity index (χ1n) is 11.0. The number of carbonyl (C=O) groups excluding carboxylic acids is 4. The number of aliphatic hydroxyl groups excluding tert-OH is 1. The molecule has 1 aromatic carbocycles. The zero-order valence-corrected chi connectivity index (χ0v) is 20.3. The molecule has 0 radical (unpaired) electrons. The van der Waals surface area contributed by atoms with Gasteiger partial charge in [-0.25, -0.2) is 4.79 Å². The fourth-order valence-electron chi connectivity index (χ4n) is 2.99. The number of esters is 1. The number of phenols is 1. The van der Waals surface area contributed by atoms with Gasteiger partial charge >= 0.3 is 12.1 Å². The third kappa shape index (κ3) is 9.26. The summed E-state index contributed by atoms with van der Waals surface area (Å²) in [4.78, 5) is 51.5. The number of ether oxygens (including phenoxy) is 2. The van der Waals surface area contributed by atoms with Crippen LogP contribution in [0, 0.1) is 0 Å². The molecule has 0 aromatic heterocycles. The lowest BCUT2D eigenvalue weighted by atomic mass is 10.0. The number of carbonyl (C=O) groups is 4. The van der Waals surface area contributed by atoms with Crippen molar-refractivity contribution in [3.8, 4) is 5.75 Å². The molecule has 11 nitrogen and oxygen atoms in total. The fourth-order valence-corrected chi connectivity index (χ4v) is 2.99. The van der Waals surface area contributed by atoms with Crippen molar-refractivity contribution in [1.82, 2.24) is 15.5 Å². The molecule has 0 saturated carbocycles. The van der Waals surface area contributed by atoms with Crippen molar-refractivity contribution < 1.29 is 38.9 Å². The van der Waals surface area contributed by atoms with Crippen molar-refractivity contribution in [3.05, 3.63) is 29.8 Å². The van der Waals surface area contributed by atoms with E-state index in [-0.39, 0.29) is 12.3 Å². The zero-order chi connectivity index (χ0) is 25.9. The van der Waals surface area contributed by atoms with Gasteiger partial charge in [-0.3, -0.25) is 14.4 Å². The van der Waals surface area contributed by atoms with Crippen LogP contribution in [0.4, 0.5) is 4.79 Å². The number of nitrogens with zero attached hydrogens (tertiary/aromatic N) is 1. The molecule has 1 rings (SSSR count). The third-order valence-electron chi connectivity index (χ3n) is 4.61. The molecule has 0 aliphatic rings. The van der Waals surface area contributed by atoms with Gasteiger partial charge in [0, 0.05) is 6.54 Å². The molecule has 0 bridgehead atoms. The lowest BCUT2D eigenvalue weighted by Gasteiger charge is -2.34. The second-order valence-corrected chi connectivity index (χ2v) is 8.55. The van der Waals surface area contributed by atoms with Crippen molar-refractivity contribution in [2.75, 3.05) is 26.8 Å². The van der Waals surface area contributed by atoms with Crippen molar-refractivity contribution in [1.29, 1.82) is 0 Å². The first kappa shape index (κ1) is 28.7. The van der Waals surface area contributed by atoms with Gasteiger partial charge in [-0.05, 0) is 44.9 Å². The Labute approximate surface area is 199 Å². The quantitative estimate of drug-likeness (QED) is 0.344. The Kier molecular flexibility index (Phi) is 11.3. The highest BCUT2D eigenvalue weighted by Gasteiger charge is 2.36. The fraction of sp³-hybridized carbons (Fsp3) is 0.565. The van der Waals surface area contributed by atoms with Gasteiger partial charge in [0.25, 0.3) is 0 Å². The third-order valence-corrected chi connectivity index (χ3v) is 4.61. The molecular weight excluding hydrogens is 446 g/mol. The Morgan fingerprint density at radius 1 is 1.12 bits per heavy atom. The highest BCUT2D eigenvalue weighted by atomic mass is 16.6. The Morgan fingerprint density at radius 3 is 2.24 bits per heavy atom. The predicted molar refractivity (Wildman–Crippen MR) is 123 cm³/mol. The normalized spacial score (nSPS) is 12.8. The molecule has 0 saturated heterocycles. The smallest absolute Gasteiger partial charge is 0.408 e. The van der Waals surface area contributed by atoms with Crippen LogP contribution < -0.4 is 10.6 Å². The molecule has 0 spiro atoms. The minimum atomic E-state index is -1.38. The lowest BCUT2D eigenvalue weighted by Crippen LogP contribution is -2.54. The summed E-state index contributed by atoms with van der Waals surface area (Å²) < 4.78 is 9.73. The van der Waals surface area contributed by atoms with Gasteiger partial charge < -0.3 is 35.2 Å². The molecule has 0 aliphatic heterocycles. The average molecular weight is 482 g/mol. The SMILES string of the molecule is CCCCN(C(=O)C(CO)NC(=O)OC(C)(C)C)C(C(=O)NCC(=O)OC)c1ccc(O)cc1. The van der Waals surface area contributed by atoms with Gasteiger partial charge in [-0.2, -0.15) is 0 Å². The molecule has 3 amide bonds. The number of unbranched alkanes of at least 4 members (excludes halogenated alkanes) is 1. The Morgan fingerprint density at radius 2 is 1.74 bits per heavy atom. The molecule has 0 aliphatic carbocycles. The second-order valence-electron chi connectivity index (χ2n) is 8.55. The number of alkyl carbamates (subject to hydrolysis) is 1. The van der Waals surface area contributed by atoms with Gasteiger partial charge in [-0.1, -0.05) is 25.5 Å². The number of nitrogens with one attached hydrogen (secondary N) is 2. The van der Waals surface area contributed by atoms with E-state index in [9.17, 15) is 29.4 Å². The minimum Gasteiger partial charge on any atom is -0.508 e. The van der Waals surface area contributed by atoms with Crippen molar-refractivity contribution >= 4 is 23.9 Å². The van der Waals surface area contributed by atoms with Crippen LogP contribution in [0.25, 0.3) is 0 Å². The Hall–Kier alpha value is -3.34. The minimum absolute atomic E-state index is 0.0382. The molecule has 34 heavy (non-hydrogen) atoms. The van der Waals surface area contributed by atoms with E-state index in [1.807, 2.05) is 6.92 Å². The predicted octanol–water partition coefficient (Wildman–Crippen LogP) is 1.24. The summed E-state index contributed by atoms with van der Waals surface area (Å²) in [5, 5.41) is 24.3. The number of methoxy groups -OCH3 is 1. The molecular formula is C23H35N3O8. The molecule has 4 N–H and O–H groups in total. The number of phenolic OH excluding ortho intramolecular Hbond substituents is 1. The van der Waals surface area contributed by atoms with Crippen LogP contribution >= 0.6 is 0 Å². The van der Waals surface area contributed by atoms with Crippen molar-refractivity contribution in [2.45, 2.75) is 58.2 Å². The summed E-state index contributed by atoms with van der Waals surface area (Å²) in [6.07, 6.45) is 0.320. The highest BCUT2D eigenvalue weighted by Crippen LogP contribution is 2.25. The summed E-state index contributed by atoms with van der Waals surface area (Å²) >= 11 is 0. The molecule has 2 unspecified atom stereocenters. The number of rotatable bonds is 11. The van der Waals surface area contributed by atoms with Crippen LogP contribution in [0.3, 0.4) is 0 Å². The summed E-state index contributed by atoms with van der Waals surface area (Å²) in [6.45, 7) is 5.84. The molecule has 190 valence electrons. The van der Waals surface area contributed by atoms with Crippen LogP contribution in [0.5, 0.6) is 5.75 Å². The number of hydrogen-bond donors (Lipinski definition) is 4. The maximum Gasteiger partial charge on any atom is 0.408 e. The second kappa shape index (κ2) is 13.4. The first-order chi connectivity index (χ1) is 15.9. The Balaban J connectivity index is 3.32. The summed E-state index contributed by atoms with van der Waals surface area (Å²) in [5.41, 5.74) is -0.462. The molecule has 0 heterocycles. The zero-order valence-electron chi connectivity index (χ0n) is 20.3. The largest absolute Gasteiger partial charge is 0.508 e. The van der Waals surface area contributed by atoms with Gasteiger partial charge in [0.1, 0.15) is 30.0 Å². The maximum absolute atomic E-state index is 13.4.